The largest absolute Gasteiger partial charge is 0.469 e. The fourth-order valence-electron chi connectivity index (χ4n) is 2.36. The maximum absolute atomic E-state index is 11.5. The van der Waals surface area contributed by atoms with Crippen LogP contribution in [0.5, 0.6) is 0 Å². The smallest absolute Gasteiger partial charge is 0.310 e. The Hall–Kier alpha value is -1.10. The maximum Gasteiger partial charge on any atom is 0.310 e. The van der Waals surface area contributed by atoms with Gasteiger partial charge >= 0.3 is 5.97 Å². The SMILES string of the molecule is COC(=O)C1CN(CCC(=O)NC(C)C)CC1C. The molecule has 1 aliphatic rings. The Kier molecular flexibility index (Phi) is 5.59. The first-order valence-electron chi connectivity index (χ1n) is 6.53. The van der Waals surface area contributed by atoms with E-state index in [-0.39, 0.29) is 23.8 Å². The number of nitrogens with zero attached hydrogens (tertiary/aromatic N) is 1. The van der Waals surface area contributed by atoms with Crippen LogP contribution in [0.25, 0.3) is 0 Å². The van der Waals surface area contributed by atoms with Gasteiger partial charge in [0, 0.05) is 32.1 Å². The summed E-state index contributed by atoms with van der Waals surface area (Å²) in [5.41, 5.74) is 0. The molecule has 104 valence electrons. The Morgan fingerprint density at radius 1 is 1.39 bits per heavy atom. The number of carbonyl (C=O) groups excluding carboxylic acids is 2. The van der Waals surface area contributed by atoms with E-state index < -0.39 is 0 Å². The van der Waals surface area contributed by atoms with Crippen molar-refractivity contribution in [1.82, 2.24) is 10.2 Å². The van der Waals surface area contributed by atoms with Crippen molar-refractivity contribution in [1.29, 1.82) is 0 Å². The first kappa shape index (κ1) is 15.0. The van der Waals surface area contributed by atoms with E-state index in [1.165, 1.54) is 7.11 Å². The third kappa shape index (κ3) is 4.29. The molecule has 1 fully saturated rings. The van der Waals surface area contributed by atoms with Gasteiger partial charge in [-0.3, -0.25) is 9.59 Å². The summed E-state index contributed by atoms with van der Waals surface area (Å²) in [7, 11) is 1.42. The van der Waals surface area contributed by atoms with E-state index in [4.69, 9.17) is 4.74 Å². The predicted molar refractivity (Wildman–Crippen MR) is 69.0 cm³/mol. The summed E-state index contributed by atoms with van der Waals surface area (Å²) in [5.74, 6) is 0.171. The molecule has 1 rings (SSSR count). The second-order valence-corrected chi connectivity index (χ2v) is 5.34. The molecule has 0 aliphatic carbocycles. The highest BCUT2D eigenvalue weighted by Gasteiger charge is 2.35. The van der Waals surface area contributed by atoms with Crippen LogP contribution in [-0.2, 0) is 14.3 Å². The molecule has 5 heteroatoms. The number of likely N-dealkylation sites (tertiary alicyclic amines) is 1. The lowest BCUT2D eigenvalue weighted by atomic mass is 9.99. The number of ether oxygens (including phenoxy) is 1. The fraction of sp³-hybridized carbons (Fsp3) is 0.846. The number of esters is 1. The van der Waals surface area contributed by atoms with Crippen molar-refractivity contribution in [2.45, 2.75) is 33.2 Å². The van der Waals surface area contributed by atoms with Gasteiger partial charge in [0.2, 0.25) is 5.91 Å². The van der Waals surface area contributed by atoms with Crippen LogP contribution in [0, 0.1) is 11.8 Å². The van der Waals surface area contributed by atoms with Crippen molar-refractivity contribution in [3.63, 3.8) is 0 Å². The monoisotopic (exact) mass is 256 g/mol. The summed E-state index contributed by atoms with van der Waals surface area (Å²) in [4.78, 5) is 25.2. The highest BCUT2D eigenvalue weighted by atomic mass is 16.5. The van der Waals surface area contributed by atoms with E-state index in [0.29, 0.717) is 25.4 Å². The van der Waals surface area contributed by atoms with E-state index in [0.717, 1.165) is 6.54 Å². The van der Waals surface area contributed by atoms with Crippen molar-refractivity contribution in [2.24, 2.45) is 11.8 Å². The standard InChI is InChI=1S/C13H24N2O3/c1-9(2)14-12(16)5-6-15-7-10(3)11(8-15)13(17)18-4/h9-11H,5-8H2,1-4H3,(H,14,16). The maximum atomic E-state index is 11.5. The molecule has 0 aromatic carbocycles. The van der Waals surface area contributed by atoms with Crippen molar-refractivity contribution < 1.29 is 14.3 Å². The fourth-order valence-corrected chi connectivity index (χ4v) is 2.36. The van der Waals surface area contributed by atoms with Crippen LogP contribution in [0.4, 0.5) is 0 Å². The molecule has 0 radical (unpaired) electrons. The van der Waals surface area contributed by atoms with Gasteiger partial charge in [0.05, 0.1) is 13.0 Å². The topological polar surface area (TPSA) is 58.6 Å². The average Bonchev–Trinajstić information content (AvgIpc) is 2.66. The number of hydrogen-bond donors (Lipinski definition) is 1. The van der Waals surface area contributed by atoms with Gasteiger partial charge in [-0.05, 0) is 19.8 Å². The first-order valence-corrected chi connectivity index (χ1v) is 6.53. The van der Waals surface area contributed by atoms with Gasteiger partial charge in [-0.15, -0.1) is 0 Å². The minimum atomic E-state index is -0.142. The Labute approximate surface area is 109 Å². The molecule has 0 spiro atoms. The summed E-state index contributed by atoms with van der Waals surface area (Å²) < 4.78 is 4.79. The van der Waals surface area contributed by atoms with Crippen LogP contribution in [0.1, 0.15) is 27.2 Å². The molecule has 0 saturated carbocycles. The van der Waals surface area contributed by atoms with Gasteiger partial charge in [0.1, 0.15) is 0 Å². The Morgan fingerprint density at radius 2 is 2.06 bits per heavy atom. The van der Waals surface area contributed by atoms with Gasteiger partial charge in [-0.25, -0.2) is 0 Å². The van der Waals surface area contributed by atoms with Crippen LogP contribution >= 0.6 is 0 Å². The molecule has 1 heterocycles. The van der Waals surface area contributed by atoms with Crippen molar-refractivity contribution >= 4 is 11.9 Å². The Morgan fingerprint density at radius 3 is 2.61 bits per heavy atom. The van der Waals surface area contributed by atoms with E-state index >= 15 is 0 Å². The molecular weight excluding hydrogens is 232 g/mol. The summed E-state index contributed by atoms with van der Waals surface area (Å²) >= 11 is 0. The second kappa shape index (κ2) is 6.73. The van der Waals surface area contributed by atoms with E-state index in [1.54, 1.807) is 0 Å². The Bertz CT molecular complexity index is 305. The molecule has 0 bridgehead atoms. The molecule has 0 aromatic rings. The minimum absolute atomic E-state index is 0.0526. The van der Waals surface area contributed by atoms with E-state index in [2.05, 4.69) is 17.1 Å². The number of nitrogens with one attached hydrogen (secondary N) is 1. The van der Waals surface area contributed by atoms with Gasteiger partial charge in [-0.2, -0.15) is 0 Å². The first-order chi connectivity index (χ1) is 8.43. The van der Waals surface area contributed by atoms with Gasteiger partial charge < -0.3 is 15.0 Å². The summed E-state index contributed by atoms with van der Waals surface area (Å²) in [5, 5.41) is 2.87. The zero-order valence-electron chi connectivity index (χ0n) is 11.7. The van der Waals surface area contributed by atoms with E-state index in [1.807, 2.05) is 13.8 Å². The Balaban J connectivity index is 2.33. The lowest BCUT2D eigenvalue weighted by Gasteiger charge is -2.15. The van der Waals surface area contributed by atoms with Crippen molar-refractivity contribution in [2.75, 3.05) is 26.7 Å². The number of hydrogen-bond acceptors (Lipinski definition) is 4. The van der Waals surface area contributed by atoms with Gasteiger partial charge in [0.15, 0.2) is 0 Å². The summed E-state index contributed by atoms with van der Waals surface area (Å²) in [6.45, 7) is 8.20. The molecule has 5 nitrogen and oxygen atoms in total. The summed E-state index contributed by atoms with van der Waals surface area (Å²) in [6.07, 6.45) is 0.485. The van der Waals surface area contributed by atoms with E-state index in [9.17, 15) is 9.59 Å². The number of rotatable bonds is 5. The predicted octanol–water partition coefficient (Wildman–Crippen LogP) is 0.642. The molecule has 2 atom stereocenters. The van der Waals surface area contributed by atoms with Gasteiger partial charge in [-0.1, -0.05) is 6.92 Å². The lowest BCUT2D eigenvalue weighted by molar-refractivity contribution is -0.146. The normalized spacial score (nSPS) is 24.3. The number of methoxy groups -OCH3 is 1. The van der Waals surface area contributed by atoms with Crippen LogP contribution in [0.2, 0.25) is 0 Å². The quantitative estimate of drug-likeness (QED) is 0.733. The lowest BCUT2D eigenvalue weighted by Crippen LogP contribution is -2.33. The molecule has 1 amide bonds. The minimum Gasteiger partial charge on any atom is -0.469 e. The van der Waals surface area contributed by atoms with Crippen LogP contribution < -0.4 is 5.32 Å². The molecule has 18 heavy (non-hydrogen) atoms. The second-order valence-electron chi connectivity index (χ2n) is 5.34. The van der Waals surface area contributed by atoms with Gasteiger partial charge in [0.25, 0.3) is 0 Å². The molecule has 2 unspecified atom stereocenters. The van der Waals surface area contributed by atoms with Crippen LogP contribution in [0.3, 0.4) is 0 Å². The average molecular weight is 256 g/mol. The zero-order valence-corrected chi connectivity index (χ0v) is 11.7. The highest BCUT2D eigenvalue weighted by Crippen LogP contribution is 2.23. The molecular formula is C13H24N2O3. The summed E-state index contributed by atoms with van der Waals surface area (Å²) in [6, 6.07) is 0.179. The van der Waals surface area contributed by atoms with Crippen LogP contribution in [0.15, 0.2) is 0 Å². The highest BCUT2D eigenvalue weighted by molar-refractivity contribution is 5.76. The third-order valence-electron chi connectivity index (χ3n) is 3.30. The zero-order chi connectivity index (χ0) is 13.7. The third-order valence-corrected chi connectivity index (χ3v) is 3.30. The molecule has 1 aliphatic heterocycles. The van der Waals surface area contributed by atoms with Crippen molar-refractivity contribution in [3.8, 4) is 0 Å². The van der Waals surface area contributed by atoms with Crippen molar-refractivity contribution in [3.05, 3.63) is 0 Å². The number of carbonyl (C=O) groups is 2. The molecule has 1 saturated heterocycles. The number of amides is 1. The van der Waals surface area contributed by atoms with Crippen LogP contribution in [-0.4, -0.2) is 49.6 Å². The molecule has 1 N–H and O–H groups in total. The molecule has 0 aromatic heterocycles.